The van der Waals surface area contributed by atoms with Crippen LogP contribution in [0.15, 0.2) is 0 Å². The number of rotatable bonds is 4. The molecule has 2 amide bonds. The van der Waals surface area contributed by atoms with Crippen molar-refractivity contribution in [2.24, 2.45) is 0 Å². The molecule has 0 aromatic heterocycles. The van der Waals surface area contributed by atoms with Gasteiger partial charge in [0.2, 0.25) is 11.8 Å². The summed E-state index contributed by atoms with van der Waals surface area (Å²) in [6, 6.07) is -0.355. The first kappa shape index (κ1) is 11.0. The largest absolute Gasteiger partial charge is 0.396 e. The van der Waals surface area contributed by atoms with Crippen LogP contribution in [0.25, 0.3) is 0 Å². The van der Waals surface area contributed by atoms with Gasteiger partial charge in [-0.2, -0.15) is 0 Å². The maximum atomic E-state index is 11.4. The van der Waals surface area contributed by atoms with E-state index in [1.807, 2.05) is 0 Å². The molecule has 1 unspecified atom stereocenters. The highest BCUT2D eigenvalue weighted by Crippen LogP contribution is 2.08. The lowest BCUT2D eigenvalue weighted by Crippen LogP contribution is -2.40. The predicted octanol–water partition coefficient (Wildman–Crippen LogP) is -0.894. The Morgan fingerprint density at radius 3 is 2.93 bits per heavy atom. The minimum absolute atomic E-state index is 0.00589. The lowest BCUT2D eigenvalue weighted by Gasteiger charge is -2.11. The lowest BCUT2D eigenvalue weighted by atomic mass is 10.2. The first-order valence-corrected chi connectivity index (χ1v) is 4.80. The Morgan fingerprint density at radius 2 is 2.43 bits per heavy atom. The second-order valence-corrected chi connectivity index (χ2v) is 3.50. The molecular weight excluding hydrogens is 184 g/mol. The number of likely N-dealkylation sites (tertiary alicyclic amines) is 1. The first-order chi connectivity index (χ1) is 6.65. The monoisotopic (exact) mass is 200 g/mol. The van der Waals surface area contributed by atoms with Gasteiger partial charge in [-0.3, -0.25) is 9.59 Å². The van der Waals surface area contributed by atoms with Crippen LogP contribution in [0, 0.1) is 0 Å². The molecule has 1 heterocycles. The third-order valence-corrected chi connectivity index (χ3v) is 2.32. The third-order valence-electron chi connectivity index (χ3n) is 2.32. The van der Waals surface area contributed by atoms with Gasteiger partial charge in [-0.25, -0.2) is 0 Å². The number of aliphatic hydroxyl groups excluding tert-OH is 1. The molecule has 0 aromatic carbocycles. The number of hydrogen-bond donors (Lipinski definition) is 2. The molecule has 1 saturated heterocycles. The minimum Gasteiger partial charge on any atom is -0.396 e. The molecule has 80 valence electrons. The van der Waals surface area contributed by atoms with E-state index in [9.17, 15) is 9.59 Å². The highest BCUT2D eigenvalue weighted by Gasteiger charge is 2.29. The van der Waals surface area contributed by atoms with Crippen LogP contribution in [0.4, 0.5) is 0 Å². The number of aliphatic hydroxyl groups is 1. The molecule has 2 N–H and O–H groups in total. The Hall–Kier alpha value is -1.10. The molecule has 5 heteroatoms. The van der Waals surface area contributed by atoms with E-state index in [4.69, 9.17) is 5.11 Å². The Balaban J connectivity index is 2.30. The second kappa shape index (κ2) is 4.95. The van der Waals surface area contributed by atoms with Crippen LogP contribution in [0.3, 0.4) is 0 Å². The Kier molecular flexibility index (Phi) is 3.88. The molecule has 0 radical (unpaired) electrons. The van der Waals surface area contributed by atoms with Gasteiger partial charge in [0.25, 0.3) is 0 Å². The number of carbonyl (C=O) groups excluding carboxylic acids is 2. The van der Waals surface area contributed by atoms with Gasteiger partial charge in [0.15, 0.2) is 0 Å². The van der Waals surface area contributed by atoms with Crippen LogP contribution in [0.1, 0.15) is 19.3 Å². The average Bonchev–Trinajstić information content (AvgIpc) is 2.46. The average molecular weight is 200 g/mol. The molecule has 0 bridgehead atoms. The van der Waals surface area contributed by atoms with E-state index in [1.54, 1.807) is 11.9 Å². The fraction of sp³-hybridized carbons (Fsp3) is 0.778. The van der Waals surface area contributed by atoms with Gasteiger partial charge in [0.1, 0.15) is 6.04 Å². The second-order valence-electron chi connectivity index (χ2n) is 3.50. The topological polar surface area (TPSA) is 69.6 Å². The summed E-state index contributed by atoms with van der Waals surface area (Å²) in [7, 11) is 1.72. The van der Waals surface area contributed by atoms with E-state index in [2.05, 4.69) is 5.32 Å². The van der Waals surface area contributed by atoms with Crippen LogP contribution in [-0.2, 0) is 9.59 Å². The van der Waals surface area contributed by atoms with Crippen molar-refractivity contribution >= 4 is 11.8 Å². The molecular formula is C9H16N2O3. The van der Waals surface area contributed by atoms with E-state index >= 15 is 0 Å². The number of carbonyl (C=O) groups is 2. The Morgan fingerprint density at radius 1 is 1.71 bits per heavy atom. The summed E-state index contributed by atoms with van der Waals surface area (Å²) in [6.45, 7) is 0.704. The van der Waals surface area contributed by atoms with Crippen LogP contribution in [0.2, 0.25) is 0 Å². The summed E-state index contributed by atoms with van der Waals surface area (Å²) in [5.41, 5.74) is 0. The number of hydrogen-bond acceptors (Lipinski definition) is 3. The molecule has 0 aliphatic carbocycles. The van der Waals surface area contributed by atoms with Gasteiger partial charge >= 0.3 is 0 Å². The molecule has 1 fully saturated rings. The molecule has 0 saturated carbocycles. The normalized spacial score (nSPS) is 21.4. The van der Waals surface area contributed by atoms with Crippen molar-refractivity contribution in [3.63, 3.8) is 0 Å². The summed E-state index contributed by atoms with van der Waals surface area (Å²) >= 11 is 0. The third kappa shape index (κ3) is 2.70. The van der Waals surface area contributed by atoms with Crippen molar-refractivity contribution in [3.05, 3.63) is 0 Å². The SMILES string of the molecule is CN1CCC(NC(=O)CCCO)C1=O. The van der Waals surface area contributed by atoms with Crippen molar-refractivity contribution in [2.75, 3.05) is 20.2 Å². The van der Waals surface area contributed by atoms with Crippen LogP contribution < -0.4 is 5.32 Å². The number of likely N-dealkylation sites (N-methyl/N-ethyl adjacent to an activating group) is 1. The van der Waals surface area contributed by atoms with Crippen LogP contribution in [0.5, 0.6) is 0 Å². The fourth-order valence-corrected chi connectivity index (χ4v) is 1.46. The zero-order valence-corrected chi connectivity index (χ0v) is 8.32. The molecule has 1 aliphatic heterocycles. The predicted molar refractivity (Wildman–Crippen MR) is 50.5 cm³/mol. The molecule has 14 heavy (non-hydrogen) atoms. The number of amides is 2. The summed E-state index contributed by atoms with van der Waals surface area (Å²) in [4.78, 5) is 24.2. The van der Waals surface area contributed by atoms with Crippen molar-refractivity contribution < 1.29 is 14.7 Å². The Labute approximate surface area is 83.1 Å². The zero-order chi connectivity index (χ0) is 10.6. The summed E-state index contributed by atoms with van der Waals surface area (Å²) in [6.07, 6.45) is 1.41. The van der Waals surface area contributed by atoms with E-state index in [0.29, 0.717) is 19.4 Å². The molecule has 0 spiro atoms. The minimum atomic E-state index is -0.355. The highest BCUT2D eigenvalue weighted by atomic mass is 16.3. The smallest absolute Gasteiger partial charge is 0.244 e. The standard InChI is InChI=1S/C9H16N2O3/c1-11-5-4-7(9(11)14)10-8(13)3-2-6-12/h7,12H,2-6H2,1H3,(H,10,13). The van der Waals surface area contributed by atoms with Crippen LogP contribution in [-0.4, -0.2) is 48.1 Å². The molecule has 1 rings (SSSR count). The van der Waals surface area contributed by atoms with Gasteiger partial charge in [0, 0.05) is 26.6 Å². The van der Waals surface area contributed by atoms with E-state index in [0.717, 1.165) is 0 Å². The maximum Gasteiger partial charge on any atom is 0.244 e. The quantitative estimate of drug-likeness (QED) is 0.618. The van der Waals surface area contributed by atoms with Crippen molar-refractivity contribution in [3.8, 4) is 0 Å². The maximum absolute atomic E-state index is 11.4. The summed E-state index contributed by atoms with van der Waals surface area (Å²) in [5, 5.41) is 11.2. The fourth-order valence-electron chi connectivity index (χ4n) is 1.46. The van der Waals surface area contributed by atoms with Gasteiger partial charge in [0.05, 0.1) is 0 Å². The van der Waals surface area contributed by atoms with E-state index < -0.39 is 0 Å². The molecule has 0 aromatic rings. The zero-order valence-electron chi connectivity index (χ0n) is 8.32. The van der Waals surface area contributed by atoms with E-state index in [1.165, 1.54) is 0 Å². The summed E-state index contributed by atoms with van der Waals surface area (Å²) < 4.78 is 0. The molecule has 1 atom stereocenters. The van der Waals surface area contributed by atoms with Crippen LogP contribution >= 0.6 is 0 Å². The van der Waals surface area contributed by atoms with Gasteiger partial charge in [-0.05, 0) is 12.8 Å². The van der Waals surface area contributed by atoms with Crippen molar-refractivity contribution in [1.82, 2.24) is 10.2 Å². The van der Waals surface area contributed by atoms with Gasteiger partial charge in [-0.1, -0.05) is 0 Å². The molecule has 1 aliphatic rings. The van der Waals surface area contributed by atoms with Crippen molar-refractivity contribution in [2.45, 2.75) is 25.3 Å². The van der Waals surface area contributed by atoms with E-state index in [-0.39, 0.29) is 30.9 Å². The number of nitrogens with zero attached hydrogens (tertiary/aromatic N) is 1. The van der Waals surface area contributed by atoms with Gasteiger partial charge < -0.3 is 15.3 Å². The highest BCUT2D eigenvalue weighted by molar-refractivity contribution is 5.88. The van der Waals surface area contributed by atoms with Gasteiger partial charge in [-0.15, -0.1) is 0 Å². The first-order valence-electron chi connectivity index (χ1n) is 4.80. The summed E-state index contributed by atoms with van der Waals surface area (Å²) in [5.74, 6) is -0.185. The Bertz CT molecular complexity index is 230. The molecule has 5 nitrogen and oxygen atoms in total. The number of nitrogens with one attached hydrogen (secondary N) is 1. The van der Waals surface area contributed by atoms with Crippen molar-refractivity contribution in [1.29, 1.82) is 0 Å². The lowest BCUT2D eigenvalue weighted by molar-refractivity contribution is -0.131.